The van der Waals surface area contributed by atoms with Crippen molar-refractivity contribution >= 4 is 23.3 Å². The van der Waals surface area contributed by atoms with Gasteiger partial charge in [-0.05, 0) is 49.9 Å². The molecule has 1 heterocycles. The molecule has 0 aromatic heterocycles. The number of anilines is 2. The maximum Gasteiger partial charge on any atom is 0.322 e. The Kier molecular flexibility index (Phi) is 5.64. The molecule has 3 rings (SSSR count). The van der Waals surface area contributed by atoms with E-state index in [2.05, 4.69) is 10.6 Å². The average molecular weight is 367 g/mol. The molecule has 1 saturated heterocycles. The molecule has 27 heavy (non-hydrogen) atoms. The largest absolute Gasteiger partial charge is 0.495 e. The number of ether oxygens (including phenoxy) is 1. The Hall–Kier alpha value is -3.02. The van der Waals surface area contributed by atoms with Crippen LogP contribution >= 0.6 is 0 Å². The lowest BCUT2D eigenvalue weighted by Gasteiger charge is -2.25. The average Bonchev–Trinajstić information content (AvgIpc) is 3.15. The number of benzene rings is 2. The number of urea groups is 1. The molecule has 6 heteroatoms. The van der Waals surface area contributed by atoms with Crippen LogP contribution in [0.3, 0.4) is 0 Å². The molecule has 0 bridgehead atoms. The van der Waals surface area contributed by atoms with Gasteiger partial charge in [-0.1, -0.05) is 30.3 Å². The minimum atomic E-state index is -0.487. The molecule has 1 atom stereocenters. The molecule has 142 valence electrons. The van der Waals surface area contributed by atoms with Gasteiger partial charge in [0.1, 0.15) is 11.8 Å². The molecule has 0 unspecified atom stereocenters. The van der Waals surface area contributed by atoms with Crippen molar-refractivity contribution in [3.05, 3.63) is 53.6 Å². The number of amides is 3. The van der Waals surface area contributed by atoms with Gasteiger partial charge in [-0.25, -0.2) is 4.79 Å². The van der Waals surface area contributed by atoms with Crippen molar-refractivity contribution in [3.8, 4) is 5.75 Å². The lowest BCUT2D eigenvalue weighted by Crippen LogP contribution is -2.45. The van der Waals surface area contributed by atoms with E-state index >= 15 is 0 Å². The van der Waals surface area contributed by atoms with Crippen LogP contribution in [-0.2, 0) is 4.79 Å². The van der Waals surface area contributed by atoms with Gasteiger partial charge < -0.3 is 20.3 Å². The molecule has 0 radical (unpaired) electrons. The van der Waals surface area contributed by atoms with Gasteiger partial charge in [-0.3, -0.25) is 4.79 Å². The fraction of sp³-hybridized carbons (Fsp3) is 0.333. The van der Waals surface area contributed by atoms with Crippen molar-refractivity contribution < 1.29 is 14.3 Å². The number of carbonyl (C=O) groups excluding carboxylic acids is 2. The predicted octanol–water partition coefficient (Wildman–Crippen LogP) is 3.95. The zero-order chi connectivity index (χ0) is 19.4. The van der Waals surface area contributed by atoms with Crippen molar-refractivity contribution in [2.45, 2.75) is 32.7 Å². The number of para-hydroxylation sites is 3. The van der Waals surface area contributed by atoms with E-state index in [4.69, 9.17) is 4.74 Å². The van der Waals surface area contributed by atoms with Crippen molar-refractivity contribution in [1.29, 1.82) is 0 Å². The molecule has 3 amide bonds. The molecule has 6 nitrogen and oxygen atoms in total. The summed E-state index contributed by atoms with van der Waals surface area (Å²) in [5.74, 6) is 0.432. The Bertz CT molecular complexity index is 830. The van der Waals surface area contributed by atoms with E-state index < -0.39 is 6.04 Å². The number of hydrogen-bond donors (Lipinski definition) is 2. The monoisotopic (exact) mass is 367 g/mol. The topological polar surface area (TPSA) is 70.7 Å². The highest BCUT2D eigenvalue weighted by molar-refractivity contribution is 6.00. The van der Waals surface area contributed by atoms with Crippen molar-refractivity contribution in [2.24, 2.45) is 0 Å². The van der Waals surface area contributed by atoms with Crippen LogP contribution in [0.2, 0.25) is 0 Å². The first-order valence-corrected chi connectivity index (χ1v) is 9.09. The summed E-state index contributed by atoms with van der Waals surface area (Å²) in [6, 6.07) is 12.3. The Labute approximate surface area is 159 Å². The highest BCUT2D eigenvalue weighted by Gasteiger charge is 2.34. The number of likely N-dealkylation sites (tertiary alicyclic amines) is 1. The summed E-state index contributed by atoms with van der Waals surface area (Å²) >= 11 is 0. The Morgan fingerprint density at radius 2 is 1.74 bits per heavy atom. The number of methoxy groups -OCH3 is 1. The van der Waals surface area contributed by atoms with Crippen LogP contribution in [-0.4, -0.2) is 36.5 Å². The number of carbonyl (C=O) groups is 2. The smallest absolute Gasteiger partial charge is 0.322 e. The van der Waals surface area contributed by atoms with Crippen LogP contribution in [0.1, 0.15) is 24.0 Å². The predicted molar refractivity (Wildman–Crippen MR) is 106 cm³/mol. The van der Waals surface area contributed by atoms with Gasteiger partial charge in [0.15, 0.2) is 0 Å². The van der Waals surface area contributed by atoms with E-state index in [1.54, 1.807) is 24.1 Å². The van der Waals surface area contributed by atoms with Gasteiger partial charge in [-0.2, -0.15) is 0 Å². The lowest BCUT2D eigenvalue weighted by atomic mass is 10.1. The minimum Gasteiger partial charge on any atom is -0.495 e. The zero-order valence-electron chi connectivity index (χ0n) is 15.9. The summed E-state index contributed by atoms with van der Waals surface area (Å²) in [5.41, 5.74) is 3.42. The van der Waals surface area contributed by atoms with Crippen LogP contribution < -0.4 is 15.4 Å². The minimum absolute atomic E-state index is 0.153. The Morgan fingerprint density at radius 1 is 1.04 bits per heavy atom. The number of aryl methyl sites for hydroxylation is 2. The highest BCUT2D eigenvalue weighted by atomic mass is 16.5. The summed E-state index contributed by atoms with van der Waals surface area (Å²) in [6.45, 7) is 4.47. The molecule has 0 aliphatic carbocycles. The summed E-state index contributed by atoms with van der Waals surface area (Å²) in [6.07, 6.45) is 1.44. The molecule has 0 saturated carbocycles. The first kappa shape index (κ1) is 18.8. The Morgan fingerprint density at radius 3 is 2.44 bits per heavy atom. The number of nitrogens with zero attached hydrogens (tertiary/aromatic N) is 1. The van der Waals surface area contributed by atoms with Crippen LogP contribution in [0.5, 0.6) is 5.75 Å². The molecule has 2 aromatic carbocycles. The van der Waals surface area contributed by atoms with Gasteiger partial charge in [0.2, 0.25) is 5.91 Å². The number of nitrogens with one attached hydrogen (secondary N) is 2. The van der Waals surface area contributed by atoms with Crippen molar-refractivity contribution in [1.82, 2.24) is 4.90 Å². The van der Waals surface area contributed by atoms with Gasteiger partial charge >= 0.3 is 6.03 Å². The highest BCUT2D eigenvalue weighted by Crippen LogP contribution is 2.26. The van der Waals surface area contributed by atoms with Crippen LogP contribution in [0.25, 0.3) is 0 Å². The second-order valence-electron chi connectivity index (χ2n) is 6.74. The maximum absolute atomic E-state index is 12.9. The van der Waals surface area contributed by atoms with Gasteiger partial charge in [-0.15, -0.1) is 0 Å². The molecular weight excluding hydrogens is 342 g/mol. The summed E-state index contributed by atoms with van der Waals surface area (Å²) in [4.78, 5) is 27.2. The van der Waals surface area contributed by atoms with Crippen LogP contribution in [0.4, 0.5) is 16.2 Å². The van der Waals surface area contributed by atoms with Gasteiger partial charge in [0.05, 0.1) is 12.8 Å². The molecule has 1 aliphatic heterocycles. The number of rotatable bonds is 4. The first-order chi connectivity index (χ1) is 13.0. The summed E-state index contributed by atoms with van der Waals surface area (Å²) < 4.78 is 5.28. The van der Waals surface area contributed by atoms with Gasteiger partial charge in [0.25, 0.3) is 0 Å². The molecule has 0 spiro atoms. The van der Waals surface area contributed by atoms with E-state index in [0.717, 1.165) is 23.2 Å². The first-order valence-electron chi connectivity index (χ1n) is 9.09. The van der Waals surface area contributed by atoms with E-state index in [1.165, 1.54) is 0 Å². The summed E-state index contributed by atoms with van der Waals surface area (Å²) in [5, 5.41) is 5.86. The molecule has 1 fully saturated rings. The van der Waals surface area contributed by atoms with Crippen LogP contribution in [0, 0.1) is 13.8 Å². The normalized spacial score (nSPS) is 16.1. The second-order valence-corrected chi connectivity index (χ2v) is 6.74. The standard InChI is InChI=1S/C21H25N3O3/c1-14-8-6-9-15(2)19(14)23-20(25)17-11-7-13-24(17)21(26)22-16-10-4-5-12-18(16)27-3/h4-6,8-10,12,17H,7,11,13H2,1-3H3,(H,22,26)(H,23,25)/t17-/m1/s1. The zero-order valence-corrected chi connectivity index (χ0v) is 15.9. The third-order valence-corrected chi connectivity index (χ3v) is 4.89. The molecular formula is C21H25N3O3. The fourth-order valence-corrected chi connectivity index (χ4v) is 3.44. The van der Waals surface area contributed by atoms with E-state index in [-0.39, 0.29) is 11.9 Å². The van der Waals surface area contributed by atoms with Crippen molar-refractivity contribution in [2.75, 3.05) is 24.3 Å². The lowest BCUT2D eigenvalue weighted by molar-refractivity contribution is -0.119. The summed E-state index contributed by atoms with van der Waals surface area (Å²) in [7, 11) is 1.56. The SMILES string of the molecule is COc1ccccc1NC(=O)N1CCC[C@@H]1C(=O)Nc1c(C)cccc1C. The van der Waals surface area contributed by atoms with E-state index in [0.29, 0.717) is 24.4 Å². The second kappa shape index (κ2) is 8.12. The molecule has 1 aliphatic rings. The quantitative estimate of drug-likeness (QED) is 0.860. The number of hydrogen-bond acceptors (Lipinski definition) is 3. The third-order valence-electron chi connectivity index (χ3n) is 4.89. The van der Waals surface area contributed by atoms with E-state index in [9.17, 15) is 9.59 Å². The molecule has 2 aromatic rings. The molecule has 2 N–H and O–H groups in total. The van der Waals surface area contributed by atoms with Crippen LogP contribution in [0.15, 0.2) is 42.5 Å². The third kappa shape index (κ3) is 4.05. The van der Waals surface area contributed by atoms with Crippen molar-refractivity contribution in [3.63, 3.8) is 0 Å². The van der Waals surface area contributed by atoms with Gasteiger partial charge in [0, 0.05) is 12.2 Å². The Balaban J connectivity index is 1.72. The van der Waals surface area contributed by atoms with E-state index in [1.807, 2.05) is 44.2 Å². The maximum atomic E-state index is 12.9. The fourth-order valence-electron chi connectivity index (χ4n) is 3.44.